The maximum Gasteiger partial charge on any atom is 0.152 e. The molecule has 2 rings (SSSR count). The van der Waals surface area contributed by atoms with Crippen LogP contribution in [0.15, 0.2) is 23.7 Å². The van der Waals surface area contributed by atoms with E-state index < -0.39 is 0 Å². The summed E-state index contributed by atoms with van der Waals surface area (Å²) in [7, 11) is 0. The van der Waals surface area contributed by atoms with Crippen molar-refractivity contribution in [3.05, 3.63) is 23.7 Å². The van der Waals surface area contributed by atoms with E-state index in [0.29, 0.717) is 6.42 Å². The van der Waals surface area contributed by atoms with Gasteiger partial charge >= 0.3 is 0 Å². The number of aliphatic hydroxyl groups is 2. The third-order valence-corrected chi connectivity index (χ3v) is 3.00. The van der Waals surface area contributed by atoms with Crippen molar-refractivity contribution in [3.63, 3.8) is 0 Å². The molecule has 1 atom stereocenters. The van der Waals surface area contributed by atoms with Crippen molar-refractivity contribution in [2.24, 2.45) is 11.3 Å². The zero-order chi connectivity index (χ0) is 9.47. The van der Waals surface area contributed by atoms with Crippen LogP contribution in [0.1, 0.15) is 19.3 Å². The van der Waals surface area contributed by atoms with Gasteiger partial charge in [0.15, 0.2) is 5.76 Å². The molecule has 1 fully saturated rings. The van der Waals surface area contributed by atoms with E-state index in [2.05, 4.69) is 0 Å². The standard InChI is InChI=1S/C10H12O3/c11-6-10(3-4-10)7-1-2-8(12)9(13)5-7/h1-2,6-7,12-13H,3-5H2/t7-/m1/s1. The topological polar surface area (TPSA) is 57.5 Å². The number of carbonyl (C=O) groups excluding carboxylic acids is 1. The van der Waals surface area contributed by atoms with Crippen molar-refractivity contribution in [1.82, 2.24) is 0 Å². The van der Waals surface area contributed by atoms with E-state index in [4.69, 9.17) is 5.11 Å². The van der Waals surface area contributed by atoms with E-state index in [1.165, 1.54) is 6.08 Å². The number of aldehydes is 1. The second kappa shape index (κ2) is 2.62. The highest BCUT2D eigenvalue weighted by molar-refractivity contribution is 5.65. The summed E-state index contributed by atoms with van der Waals surface area (Å²) < 4.78 is 0. The maximum absolute atomic E-state index is 10.8. The Hall–Kier alpha value is -1.25. The minimum atomic E-state index is -0.245. The largest absolute Gasteiger partial charge is 0.508 e. The zero-order valence-electron chi connectivity index (χ0n) is 7.23. The molecule has 0 bridgehead atoms. The first-order chi connectivity index (χ1) is 6.18. The molecule has 3 heteroatoms. The van der Waals surface area contributed by atoms with Crippen LogP contribution in [0, 0.1) is 11.3 Å². The number of carbonyl (C=O) groups is 1. The van der Waals surface area contributed by atoms with Gasteiger partial charge in [-0.15, -0.1) is 0 Å². The Balaban J connectivity index is 2.15. The third kappa shape index (κ3) is 1.24. The summed E-state index contributed by atoms with van der Waals surface area (Å²) in [6, 6.07) is 0. The first-order valence-corrected chi connectivity index (χ1v) is 4.43. The van der Waals surface area contributed by atoms with Crippen molar-refractivity contribution >= 4 is 6.29 Å². The molecule has 1 saturated carbocycles. The summed E-state index contributed by atoms with van der Waals surface area (Å²) in [5.41, 5.74) is -0.245. The van der Waals surface area contributed by atoms with Gasteiger partial charge in [-0.1, -0.05) is 6.08 Å². The molecule has 0 aromatic carbocycles. The lowest BCUT2D eigenvalue weighted by Crippen LogP contribution is -2.18. The van der Waals surface area contributed by atoms with E-state index >= 15 is 0 Å². The van der Waals surface area contributed by atoms with E-state index in [9.17, 15) is 9.90 Å². The molecule has 2 N–H and O–H groups in total. The van der Waals surface area contributed by atoms with Gasteiger partial charge in [0, 0.05) is 11.8 Å². The van der Waals surface area contributed by atoms with E-state index in [1.807, 2.05) is 6.08 Å². The van der Waals surface area contributed by atoms with Crippen molar-refractivity contribution in [1.29, 1.82) is 0 Å². The van der Waals surface area contributed by atoms with E-state index in [-0.39, 0.29) is 22.9 Å². The lowest BCUT2D eigenvalue weighted by molar-refractivity contribution is -0.113. The van der Waals surface area contributed by atoms with Gasteiger partial charge in [0.05, 0.1) is 0 Å². The summed E-state index contributed by atoms with van der Waals surface area (Å²) in [6.07, 6.45) is 6.47. The molecule has 2 aliphatic carbocycles. The van der Waals surface area contributed by atoms with Crippen LogP contribution < -0.4 is 0 Å². The van der Waals surface area contributed by atoms with Crippen molar-refractivity contribution in [2.75, 3.05) is 0 Å². The fourth-order valence-corrected chi connectivity index (χ4v) is 1.80. The number of rotatable bonds is 2. The summed E-state index contributed by atoms with van der Waals surface area (Å²) in [5, 5.41) is 18.4. The summed E-state index contributed by atoms with van der Waals surface area (Å²) in [5.74, 6) is -0.000487. The van der Waals surface area contributed by atoms with Gasteiger partial charge < -0.3 is 15.0 Å². The lowest BCUT2D eigenvalue weighted by Gasteiger charge is -2.21. The molecule has 0 saturated heterocycles. The molecule has 0 heterocycles. The van der Waals surface area contributed by atoms with Crippen LogP contribution >= 0.6 is 0 Å². The van der Waals surface area contributed by atoms with Crippen molar-refractivity contribution in [2.45, 2.75) is 19.3 Å². The summed E-state index contributed by atoms with van der Waals surface area (Å²) in [6.45, 7) is 0. The third-order valence-electron chi connectivity index (χ3n) is 3.00. The number of hydrogen-bond donors (Lipinski definition) is 2. The van der Waals surface area contributed by atoms with Crippen molar-refractivity contribution < 1.29 is 15.0 Å². The van der Waals surface area contributed by atoms with Gasteiger partial charge in [0.2, 0.25) is 0 Å². The highest BCUT2D eigenvalue weighted by Crippen LogP contribution is 2.53. The van der Waals surface area contributed by atoms with Crippen LogP contribution in [0.4, 0.5) is 0 Å². The van der Waals surface area contributed by atoms with Crippen LogP contribution in [0.3, 0.4) is 0 Å². The fourth-order valence-electron chi connectivity index (χ4n) is 1.80. The molecular weight excluding hydrogens is 168 g/mol. The quantitative estimate of drug-likeness (QED) is 0.638. The molecule has 0 aromatic rings. The Morgan fingerprint density at radius 1 is 1.46 bits per heavy atom. The van der Waals surface area contributed by atoms with E-state index in [1.54, 1.807) is 0 Å². The molecule has 13 heavy (non-hydrogen) atoms. The van der Waals surface area contributed by atoms with Crippen LogP contribution in [0.2, 0.25) is 0 Å². The van der Waals surface area contributed by atoms with Gasteiger partial charge in [-0.3, -0.25) is 0 Å². The van der Waals surface area contributed by atoms with Crippen LogP contribution in [-0.4, -0.2) is 16.5 Å². The summed E-state index contributed by atoms with van der Waals surface area (Å²) >= 11 is 0. The van der Waals surface area contributed by atoms with Gasteiger partial charge in [-0.25, -0.2) is 0 Å². The monoisotopic (exact) mass is 180 g/mol. The molecule has 0 aliphatic heterocycles. The summed E-state index contributed by atoms with van der Waals surface area (Å²) in [4.78, 5) is 10.8. The molecule has 0 spiro atoms. The van der Waals surface area contributed by atoms with Gasteiger partial charge in [0.1, 0.15) is 12.0 Å². The average Bonchev–Trinajstić information content (AvgIpc) is 2.90. The number of hydrogen-bond acceptors (Lipinski definition) is 3. The maximum atomic E-state index is 10.8. The fraction of sp³-hybridized carbons (Fsp3) is 0.500. The molecule has 0 radical (unpaired) electrons. The van der Waals surface area contributed by atoms with Crippen LogP contribution in [-0.2, 0) is 4.79 Å². The second-order valence-electron chi connectivity index (χ2n) is 3.85. The average molecular weight is 180 g/mol. The van der Waals surface area contributed by atoms with Crippen LogP contribution in [0.5, 0.6) is 0 Å². The Bertz CT molecular complexity index is 297. The molecule has 2 aliphatic rings. The molecule has 0 aromatic heterocycles. The Kier molecular flexibility index (Phi) is 1.68. The Morgan fingerprint density at radius 2 is 2.15 bits per heavy atom. The highest BCUT2D eigenvalue weighted by atomic mass is 16.3. The first-order valence-electron chi connectivity index (χ1n) is 4.43. The first kappa shape index (κ1) is 8.35. The normalized spacial score (nSPS) is 30.3. The van der Waals surface area contributed by atoms with Crippen LogP contribution in [0.25, 0.3) is 0 Å². The minimum absolute atomic E-state index is 0.000579. The highest BCUT2D eigenvalue weighted by Gasteiger charge is 2.49. The Labute approximate surface area is 76.4 Å². The van der Waals surface area contributed by atoms with Gasteiger partial charge in [0.25, 0.3) is 0 Å². The van der Waals surface area contributed by atoms with Gasteiger partial charge in [-0.2, -0.15) is 0 Å². The number of allylic oxidation sites excluding steroid dienone is 3. The Morgan fingerprint density at radius 3 is 2.62 bits per heavy atom. The second-order valence-corrected chi connectivity index (χ2v) is 3.85. The SMILES string of the molecule is O=CC1([C@@H]2C=CC(O)=C(O)C2)CC1. The molecule has 3 nitrogen and oxygen atoms in total. The molecular formula is C10H12O3. The molecule has 70 valence electrons. The number of aliphatic hydroxyl groups excluding tert-OH is 2. The smallest absolute Gasteiger partial charge is 0.152 e. The molecule has 0 amide bonds. The predicted octanol–water partition coefficient (Wildman–Crippen LogP) is 1.87. The van der Waals surface area contributed by atoms with Gasteiger partial charge in [-0.05, 0) is 24.8 Å². The van der Waals surface area contributed by atoms with Crippen molar-refractivity contribution in [3.8, 4) is 0 Å². The predicted molar refractivity (Wildman–Crippen MR) is 47.3 cm³/mol. The minimum Gasteiger partial charge on any atom is -0.508 e. The molecule has 0 unspecified atom stereocenters. The zero-order valence-corrected chi connectivity index (χ0v) is 7.23. The lowest BCUT2D eigenvalue weighted by atomic mass is 9.84. The van der Waals surface area contributed by atoms with E-state index in [0.717, 1.165) is 19.1 Å².